The molecule has 1 heterocycles. The molecule has 0 atom stereocenters. The second kappa shape index (κ2) is 17.5. The van der Waals surface area contributed by atoms with Gasteiger partial charge in [-0.05, 0) is 11.1 Å². The summed E-state index contributed by atoms with van der Waals surface area (Å²) in [6, 6.07) is 9.60. The largest absolute Gasteiger partial charge is 2.00 e. The predicted octanol–water partition coefficient (Wildman–Crippen LogP) is -3.91. The zero-order chi connectivity index (χ0) is 14.8. The average molecular weight is 436 g/mol. The second-order valence-electron chi connectivity index (χ2n) is 3.48. The number of hydrogen-bond donors (Lipinski definition) is 1. The number of rotatable bonds is 3. The van der Waals surface area contributed by atoms with Crippen molar-refractivity contribution >= 4 is 12.1 Å². The standard InChI is InChI=1S/C13H11N3O2.CH4O.ClH.Mo.2O/c17-12-4-2-1-3-11(12)9-15-16-13(18)10-5-7-14-8-6-10;1-2;;;;/h1-9,17H,(H,16,18);2H,1H3;1H;;;/q;;;;2*-2/p-2/b15-9+;;;;;. The number of benzene rings is 1. The van der Waals surface area contributed by atoms with E-state index in [1.807, 2.05) is 0 Å². The topological polar surface area (TPSA) is 162 Å². The molecule has 0 unspecified atom stereocenters. The first-order valence-corrected chi connectivity index (χ1v) is 5.72. The zero-order valence-electron chi connectivity index (χ0n) is 12.5. The molecule has 0 aliphatic carbocycles. The third-order valence-electron chi connectivity index (χ3n) is 2.23. The maximum atomic E-state index is 11.5. The van der Waals surface area contributed by atoms with Crippen LogP contribution in [0.5, 0.6) is 5.75 Å². The molecule has 0 aliphatic heterocycles. The molecule has 24 heavy (non-hydrogen) atoms. The van der Waals surface area contributed by atoms with E-state index in [1.165, 1.54) is 12.3 Å². The van der Waals surface area contributed by atoms with Crippen molar-refractivity contribution < 1.29 is 64.7 Å². The SMILES string of the molecule is CO.[Cl-].[Mo].[O-2].[O-2].[O-]/C(=N\N=C\c1ccccc1[O-])c1cc[nH+]cc1. The Hall–Kier alpha value is -1.83. The van der Waals surface area contributed by atoms with E-state index >= 15 is 0 Å². The fraction of sp³-hybridized carbons (Fsp3) is 0.0714. The number of halogens is 1. The van der Waals surface area contributed by atoms with Gasteiger partial charge in [-0.2, -0.15) is 10.2 Å². The van der Waals surface area contributed by atoms with E-state index in [1.54, 1.807) is 42.7 Å². The van der Waals surface area contributed by atoms with Crippen LogP contribution in [0.4, 0.5) is 0 Å². The van der Waals surface area contributed by atoms with Crippen LogP contribution >= 0.6 is 0 Å². The van der Waals surface area contributed by atoms with Crippen molar-refractivity contribution in [3.63, 3.8) is 0 Å². The summed E-state index contributed by atoms with van der Waals surface area (Å²) in [5, 5.41) is 37.0. The minimum Gasteiger partial charge on any atom is -2.00 e. The quantitative estimate of drug-likeness (QED) is 0.226. The summed E-state index contributed by atoms with van der Waals surface area (Å²) in [4.78, 5) is 2.80. The summed E-state index contributed by atoms with van der Waals surface area (Å²) in [6.45, 7) is 0. The van der Waals surface area contributed by atoms with Crippen LogP contribution in [0.25, 0.3) is 0 Å². The molecular weight excluding hydrogens is 422 g/mol. The number of para-hydroxylation sites is 1. The van der Waals surface area contributed by atoms with Crippen LogP contribution < -0.4 is 27.6 Å². The molecule has 1 aromatic heterocycles. The summed E-state index contributed by atoms with van der Waals surface area (Å²) < 4.78 is 0. The Morgan fingerprint density at radius 3 is 2.17 bits per heavy atom. The van der Waals surface area contributed by atoms with Crippen LogP contribution in [-0.4, -0.2) is 24.3 Å². The second-order valence-corrected chi connectivity index (χ2v) is 3.48. The zero-order valence-corrected chi connectivity index (χ0v) is 15.2. The van der Waals surface area contributed by atoms with Gasteiger partial charge in [0.25, 0.3) is 0 Å². The molecule has 0 saturated heterocycles. The molecule has 0 spiro atoms. The van der Waals surface area contributed by atoms with Gasteiger partial charge in [-0.1, -0.05) is 30.0 Å². The molecule has 0 amide bonds. The van der Waals surface area contributed by atoms with Crippen molar-refractivity contribution in [1.29, 1.82) is 0 Å². The Balaban J connectivity index is -0.000000321. The van der Waals surface area contributed by atoms with Crippen LogP contribution in [0.1, 0.15) is 11.1 Å². The van der Waals surface area contributed by atoms with E-state index in [0.29, 0.717) is 11.1 Å². The van der Waals surface area contributed by atoms with Crippen molar-refractivity contribution in [2.45, 2.75) is 0 Å². The minimum atomic E-state index is -0.455. The number of aromatic nitrogens is 1. The normalized spacial score (nSPS) is 9.17. The fourth-order valence-electron chi connectivity index (χ4n) is 1.32. The molecular formula is C14H14ClMoN3O5-6. The molecule has 0 radical (unpaired) electrons. The van der Waals surface area contributed by atoms with Crippen LogP contribution in [0.3, 0.4) is 0 Å². The molecule has 0 saturated carbocycles. The van der Waals surface area contributed by atoms with Gasteiger partial charge in [-0.15, -0.1) is 0 Å². The smallest absolute Gasteiger partial charge is 0.167 e. The Labute approximate surface area is 159 Å². The maximum absolute atomic E-state index is 11.5. The third kappa shape index (κ3) is 10.0. The number of pyridine rings is 1. The predicted molar refractivity (Wildman–Crippen MR) is 72.5 cm³/mol. The van der Waals surface area contributed by atoms with Crippen molar-refractivity contribution in [3.8, 4) is 5.75 Å². The number of aliphatic hydroxyl groups excluding tert-OH is 1. The van der Waals surface area contributed by atoms with Crippen LogP contribution in [0, 0.1) is 0 Å². The fourth-order valence-corrected chi connectivity index (χ4v) is 1.32. The number of nitrogens with zero attached hydrogens (tertiary/aromatic N) is 2. The molecule has 10 heteroatoms. The summed E-state index contributed by atoms with van der Waals surface area (Å²) >= 11 is 0. The Kier molecular flexibility index (Phi) is 22.0. The van der Waals surface area contributed by atoms with E-state index in [4.69, 9.17) is 5.11 Å². The minimum absolute atomic E-state index is 0. The molecule has 2 aromatic rings. The summed E-state index contributed by atoms with van der Waals surface area (Å²) in [5.74, 6) is -0.609. The van der Waals surface area contributed by atoms with Gasteiger partial charge in [0.1, 0.15) is 0 Å². The number of nitrogens with one attached hydrogen (secondary N) is 1. The van der Waals surface area contributed by atoms with Crippen molar-refractivity contribution in [1.82, 2.24) is 0 Å². The van der Waals surface area contributed by atoms with Crippen LogP contribution in [0.2, 0.25) is 0 Å². The number of aliphatic hydroxyl groups is 1. The van der Waals surface area contributed by atoms with Crippen molar-refractivity contribution in [3.05, 3.63) is 59.9 Å². The monoisotopic (exact) mass is 437 g/mol. The summed E-state index contributed by atoms with van der Waals surface area (Å²) in [7, 11) is 1.00. The molecule has 134 valence electrons. The molecule has 2 rings (SSSR count). The van der Waals surface area contributed by atoms with E-state index in [9.17, 15) is 10.2 Å². The first-order valence-electron chi connectivity index (χ1n) is 5.72. The van der Waals surface area contributed by atoms with Gasteiger partial charge >= 0.3 is 0 Å². The molecule has 2 N–H and O–H groups in total. The van der Waals surface area contributed by atoms with Gasteiger partial charge in [0.05, 0.1) is 6.21 Å². The molecule has 8 nitrogen and oxygen atoms in total. The molecule has 0 bridgehead atoms. The van der Waals surface area contributed by atoms with Gasteiger partial charge in [-0.25, -0.2) is 4.98 Å². The number of H-pyrrole nitrogens is 1. The van der Waals surface area contributed by atoms with E-state index in [-0.39, 0.29) is 50.2 Å². The maximum Gasteiger partial charge on any atom is 0.167 e. The number of hydrogen-bond acceptors (Lipinski definition) is 5. The molecule has 1 aromatic carbocycles. The first-order chi connectivity index (χ1) is 9.77. The van der Waals surface area contributed by atoms with Gasteiger partial charge in [0.15, 0.2) is 12.4 Å². The number of aromatic amines is 1. The van der Waals surface area contributed by atoms with E-state index in [0.717, 1.165) is 7.11 Å². The Morgan fingerprint density at radius 2 is 1.62 bits per heavy atom. The first kappa shape index (κ1) is 30.1. The molecule has 0 fully saturated rings. The van der Waals surface area contributed by atoms with Crippen LogP contribution in [0.15, 0.2) is 59.0 Å². The van der Waals surface area contributed by atoms with Crippen molar-refractivity contribution in [2.75, 3.05) is 7.11 Å². The average Bonchev–Trinajstić information content (AvgIpc) is 2.52. The molecule has 0 aliphatic rings. The van der Waals surface area contributed by atoms with Crippen LogP contribution in [-0.2, 0) is 32.0 Å². The van der Waals surface area contributed by atoms with E-state index in [2.05, 4.69) is 15.2 Å². The summed E-state index contributed by atoms with van der Waals surface area (Å²) in [5.41, 5.74) is 0.830. The van der Waals surface area contributed by atoms with Gasteiger partial charge in [-0.3, -0.25) is 0 Å². The Morgan fingerprint density at radius 1 is 1.08 bits per heavy atom. The van der Waals surface area contributed by atoms with Gasteiger partial charge in [0.2, 0.25) is 0 Å². The third-order valence-corrected chi connectivity index (χ3v) is 2.23. The van der Waals surface area contributed by atoms with Gasteiger partial charge < -0.3 is 38.7 Å². The van der Waals surface area contributed by atoms with E-state index < -0.39 is 5.90 Å². The summed E-state index contributed by atoms with van der Waals surface area (Å²) in [6.07, 6.45) is 4.52. The Bertz CT molecular complexity index is 600. The van der Waals surface area contributed by atoms with Crippen molar-refractivity contribution in [2.24, 2.45) is 10.2 Å². The van der Waals surface area contributed by atoms with Gasteiger partial charge in [0, 0.05) is 46.2 Å².